The summed E-state index contributed by atoms with van der Waals surface area (Å²) in [6.45, 7) is 5.80. The Hall–Kier alpha value is -1.04. The van der Waals surface area contributed by atoms with Crippen LogP contribution < -0.4 is 5.32 Å². The van der Waals surface area contributed by atoms with E-state index in [1.807, 2.05) is 27.8 Å². The van der Waals surface area contributed by atoms with E-state index in [1.54, 1.807) is 10.9 Å². The highest BCUT2D eigenvalue weighted by molar-refractivity contribution is 7.81. The quantitative estimate of drug-likeness (QED) is 0.773. The molecule has 1 aromatic rings. The molecule has 0 saturated heterocycles. The molecular weight excluding hydrogens is 224 g/mol. The highest BCUT2D eigenvalue weighted by atomic mass is 32.1. The third-order valence-corrected chi connectivity index (χ3v) is 3.22. The Morgan fingerprint density at radius 1 is 1.50 bits per heavy atom. The van der Waals surface area contributed by atoms with Crippen molar-refractivity contribution in [3.05, 3.63) is 12.2 Å². The number of amides is 1. The van der Waals surface area contributed by atoms with Crippen LogP contribution in [0, 0.1) is 5.92 Å². The molecule has 0 aliphatic rings. The molecule has 1 aromatic heterocycles. The first-order valence-electron chi connectivity index (χ1n) is 5.25. The van der Waals surface area contributed by atoms with Crippen molar-refractivity contribution in [2.45, 2.75) is 32.1 Å². The largest absolute Gasteiger partial charge is 0.345 e. The molecule has 16 heavy (non-hydrogen) atoms. The number of hydrogen-bond donors (Lipinski definition) is 2. The summed E-state index contributed by atoms with van der Waals surface area (Å²) in [5.41, 5.74) is 0. The molecule has 0 saturated carbocycles. The van der Waals surface area contributed by atoms with Gasteiger partial charge in [-0.2, -0.15) is 12.6 Å². The fourth-order valence-corrected chi connectivity index (χ4v) is 1.42. The van der Waals surface area contributed by atoms with Crippen molar-refractivity contribution >= 4 is 18.5 Å². The Balaban J connectivity index is 2.62. The monoisotopic (exact) mass is 242 g/mol. The van der Waals surface area contributed by atoms with Crippen molar-refractivity contribution in [2.75, 3.05) is 0 Å². The maximum absolute atomic E-state index is 11.8. The van der Waals surface area contributed by atoms with E-state index in [2.05, 4.69) is 28.1 Å². The number of aryl methyl sites for hydroxylation is 1. The summed E-state index contributed by atoms with van der Waals surface area (Å²) in [7, 11) is 1.85. The third-order valence-electron chi connectivity index (χ3n) is 2.39. The van der Waals surface area contributed by atoms with Crippen molar-refractivity contribution in [3.63, 3.8) is 0 Å². The van der Waals surface area contributed by atoms with E-state index in [9.17, 15) is 4.79 Å². The van der Waals surface area contributed by atoms with Gasteiger partial charge in [0.2, 0.25) is 5.91 Å². The maximum atomic E-state index is 11.8. The van der Waals surface area contributed by atoms with Gasteiger partial charge in [-0.15, -0.1) is 10.2 Å². The number of rotatable bonds is 4. The lowest BCUT2D eigenvalue weighted by Gasteiger charge is -2.18. The summed E-state index contributed by atoms with van der Waals surface area (Å²) in [5.74, 6) is 0.863. The van der Waals surface area contributed by atoms with Crippen LogP contribution in [0.3, 0.4) is 0 Å². The topological polar surface area (TPSA) is 59.8 Å². The van der Waals surface area contributed by atoms with Gasteiger partial charge in [0.15, 0.2) is 5.82 Å². The standard InChI is InChI=1S/C10H18N4OS/c1-6(2)8(16)10(15)12-7(3)9-13-11-5-14(9)4/h5-8,16H,1-4H3,(H,12,15). The summed E-state index contributed by atoms with van der Waals surface area (Å²) in [4.78, 5) is 11.8. The van der Waals surface area contributed by atoms with E-state index < -0.39 is 0 Å². The van der Waals surface area contributed by atoms with Crippen molar-refractivity contribution < 1.29 is 4.79 Å². The summed E-state index contributed by atoms with van der Waals surface area (Å²) in [6, 6.07) is -0.159. The normalized spacial score (nSPS) is 14.9. The first kappa shape index (κ1) is 13.0. The van der Waals surface area contributed by atoms with Crippen LogP contribution in [0.25, 0.3) is 0 Å². The van der Waals surface area contributed by atoms with Crippen LogP contribution in [0.15, 0.2) is 6.33 Å². The predicted octanol–water partition coefficient (Wildman–Crippen LogP) is 0.947. The molecule has 2 unspecified atom stereocenters. The highest BCUT2D eigenvalue weighted by Gasteiger charge is 2.21. The van der Waals surface area contributed by atoms with Crippen LogP contribution in [0.2, 0.25) is 0 Å². The number of carbonyl (C=O) groups excluding carboxylic acids is 1. The van der Waals surface area contributed by atoms with Gasteiger partial charge in [-0.25, -0.2) is 0 Å². The lowest BCUT2D eigenvalue weighted by molar-refractivity contribution is -0.121. The average Bonchev–Trinajstić information content (AvgIpc) is 2.62. The Morgan fingerprint density at radius 2 is 2.12 bits per heavy atom. The minimum atomic E-state index is -0.296. The van der Waals surface area contributed by atoms with E-state index in [0.29, 0.717) is 0 Å². The van der Waals surface area contributed by atoms with Gasteiger partial charge in [0.05, 0.1) is 11.3 Å². The minimum absolute atomic E-state index is 0.0752. The van der Waals surface area contributed by atoms with Gasteiger partial charge < -0.3 is 9.88 Å². The average molecular weight is 242 g/mol. The molecule has 2 atom stereocenters. The summed E-state index contributed by atoms with van der Waals surface area (Å²) in [5, 5.41) is 10.3. The lowest BCUT2D eigenvalue weighted by atomic mass is 10.1. The second-order valence-corrected chi connectivity index (χ2v) is 4.78. The third kappa shape index (κ3) is 2.98. The summed E-state index contributed by atoms with van der Waals surface area (Å²) >= 11 is 4.26. The SMILES string of the molecule is CC(NC(=O)C(S)C(C)C)c1nncn1C. The lowest BCUT2D eigenvalue weighted by Crippen LogP contribution is -2.36. The van der Waals surface area contributed by atoms with Crippen molar-refractivity contribution in [1.82, 2.24) is 20.1 Å². The predicted molar refractivity (Wildman–Crippen MR) is 65.2 cm³/mol. The highest BCUT2D eigenvalue weighted by Crippen LogP contribution is 2.12. The number of nitrogens with one attached hydrogen (secondary N) is 1. The Labute approximate surface area is 101 Å². The number of aromatic nitrogens is 3. The maximum Gasteiger partial charge on any atom is 0.233 e. The number of hydrogen-bond acceptors (Lipinski definition) is 4. The van der Waals surface area contributed by atoms with Crippen LogP contribution >= 0.6 is 12.6 Å². The molecular formula is C10H18N4OS. The van der Waals surface area contributed by atoms with E-state index in [4.69, 9.17) is 0 Å². The van der Waals surface area contributed by atoms with Crippen molar-refractivity contribution in [2.24, 2.45) is 13.0 Å². The molecule has 0 radical (unpaired) electrons. The fourth-order valence-electron chi connectivity index (χ4n) is 1.35. The first-order valence-corrected chi connectivity index (χ1v) is 5.77. The Morgan fingerprint density at radius 3 is 2.56 bits per heavy atom. The van der Waals surface area contributed by atoms with Crippen LogP contribution in [0.1, 0.15) is 32.6 Å². The van der Waals surface area contributed by atoms with E-state index >= 15 is 0 Å². The fraction of sp³-hybridized carbons (Fsp3) is 0.700. The minimum Gasteiger partial charge on any atom is -0.345 e. The summed E-state index contributed by atoms with van der Waals surface area (Å²) < 4.78 is 1.79. The van der Waals surface area contributed by atoms with E-state index in [0.717, 1.165) is 5.82 Å². The van der Waals surface area contributed by atoms with Gasteiger partial charge in [0.25, 0.3) is 0 Å². The molecule has 0 fully saturated rings. The van der Waals surface area contributed by atoms with Gasteiger partial charge in [-0.3, -0.25) is 4.79 Å². The van der Waals surface area contributed by atoms with E-state index in [1.165, 1.54) is 0 Å². The molecule has 1 heterocycles. The Kier molecular flexibility index (Phi) is 4.35. The molecule has 5 nitrogen and oxygen atoms in total. The van der Waals surface area contributed by atoms with Crippen LogP contribution in [-0.2, 0) is 11.8 Å². The molecule has 0 spiro atoms. The second kappa shape index (κ2) is 5.34. The number of thiol groups is 1. The van der Waals surface area contributed by atoms with Gasteiger partial charge in [-0.1, -0.05) is 13.8 Å². The molecule has 90 valence electrons. The molecule has 0 aliphatic heterocycles. The molecule has 1 rings (SSSR count). The second-order valence-electron chi connectivity index (χ2n) is 4.22. The smallest absolute Gasteiger partial charge is 0.233 e. The van der Waals surface area contributed by atoms with Crippen LogP contribution in [0.4, 0.5) is 0 Å². The number of nitrogens with zero attached hydrogens (tertiary/aromatic N) is 3. The molecule has 0 bridgehead atoms. The van der Waals surface area contributed by atoms with Crippen molar-refractivity contribution in [1.29, 1.82) is 0 Å². The van der Waals surface area contributed by atoms with Gasteiger partial charge in [-0.05, 0) is 12.8 Å². The van der Waals surface area contributed by atoms with Gasteiger partial charge in [0.1, 0.15) is 6.33 Å². The van der Waals surface area contributed by atoms with Crippen LogP contribution in [-0.4, -0.2) is 25.9 Å². The van der Waals surface area contributed by atoms with Crippen LogP contribution in [0.5, 0.6) is 0 Å². The zero-order valence-electron chi connectivity index (χ0n) is 10.0. The molecule has 0 aliphatic carbocycles. The van der Waals surface area contributed by atoms with Gasteiger partial charge >= 0.3 is 0 Å². The van der Waals surface area contributed by atoms with Gasteiger partial charge in [0, 0.05) is 7.05 Å². The summed E-state index contributed by atoms with van der Waals surface area (Å²) in [6.07, 6.45) is 1.61. The van der Waals surface area contributed by atoms with Crippen molar-refractivity contribution in [3.8, 4) is 0 Å². The molecule has 6 heteroatoms. The number of carbonyl (C=O) groups is 1. The Bertz CT molecular complexity index is 363. The van der Waals surface area contributed by atoms with E-state index in [-0.39, 0.29) is 23.1 Å². The molecule has 1 amide bonds. The molecule has 0 aromatic carbocycles. The zero-order valence-corrected chi connectivity index (χ0v) is 10.9. The zero-order chi connectivity index (χ0) is 12.3. The first-order chi connectivity index (χ1) is 7.43. The molecule has 1 N–H and O–H groups in total.